The third-order valence-electron chi connectivity index (χ3n) is 16.9. The van der Waals surface area contributed by atoms with Gasteiger partial charge in [-0.1, -0.05) is 88.8 Å². The number of Topliss-reactive ketones (excluding diaryl/α,β-unsaturated/α-hetero) is 1. The molecule has 0 spiro atoms. The Balaban J connectivity index is 0.924. The van der Waals surface area contributed by atoms with E-state index in [0.717, 1.165) is 35.6 Å². The molecule has 378 valence electrons. The number of benzene rings is 1. The minimum atomic E-state index is -1.92. The van der Waals surface area contributed by atoms with Crippen molar-refractivity contribution in [1.29, 1.82) is 0 Å². The zero-order valence-electron chi connectivity index (χ0n) is 41.9. The van der Waals surface area contributed by atoms with E-state index >= 15 is 0 Å². The summed E-state index contributed by atoms with van der Waals surface area (Å²) in [7, 11) is -1.92. The molecule has 8 saturated heterocycles. The first kappa shape index (κ1) is 52.2. The highest BCUT2D eigenvalue weighted by atomic mass is 79.9. The summed E-state index contributed by atoms with van der Waals surface area (Å²) in [5.74, 6) is -0.493. The molecule has 8 aliphatic heterocycles. The van der Waals surface area contributed by atoms with E-state index in [1.807, 2.05) is 18.2 Å². The Bertz CT molecular complexity index is 1960. The third-order valence-corrected chi connectivity index (χ3v) is 21.7. The van der Waals surface area contributed by atoms with Gasteiger partial charge in [-0.25, -0.2) is 4.79 Å². The van der Waals surface area contributed by atoms with Crippen molar-refractivity contribution in [3.63, 3.8) is 0 Å². The topological polar surface area (TPSA) is 134 Å². The van der Waals surface area contributed by atoms with E-state index in [0.29, 0.717) is 70.0 Å². The molecule has 2 unspecified atom stereocenters. The van der Waals surface area contributed by atoms with Gasteiger partial charge in [0.05, 0.1) is 48.3 Å². The molecular formula is C54H79BrO12Si. The van der Waals surface area contributed by atoms with Crippen molar-refractivity contribution in [2.75, 3.05) is 6.61 Å². The minimum absolute atomic E-state index is 0.00602. The number of esters is 1. The van der Waals surface area contributed by atoms with E-state index < -0.39 is 32.4 Å². The second-order valence-electron chi connectivity index (χ2n) is 23.0. The van der Waals surface area contributed by atoms with Crippen molar-refractivity contribution >= 4 is 42.3 Å². The van der Waals surface area contributed by atoms with Gasteiger partial charge in [-0.2, -0.15) is 0 Å². The van der Waals surface area contributed by atoms with Crippen molar-refractivity contribution in [3.05, 3.63) is 59.1 Å². The van der Waals surface area contributed by atoms with E-state index in [-0.39, 0.29) is 108 Å². The standard InChI is InChI=1S/C54H79BrO12Si/c1-31(30-59-68(9,10)53(6,7)8)23-43-35(5)41(45(63-43)28-44-34(4)32(2)24-38(60-44)17-14-22-56)27-37(57)26-39-18-19-42-47(61-39)51-50-49(64-42)48-46(65-50)29-54(66-48,67-51)21-20-40(25-33(3)55)62-52(58)36-15-12-11-13-16-36/h11-13,15-16,22,31-32,35,38-51H,3-4,14,17-21,23-30H2,1-2,5-10H3/t31-,32+,35+,38-,39+,40-,41+,42-,43+,44?,45-,46+,47-,48?,49-,50+,51-,54-/m0/s1. The summed E-state index contributed by atoms with van der Waals surface area (Å²) >= 11 is 3.49. The lowest BCUT2D eigenvalue weighted by Gasteiger charge is -2.47. The smallest absolute Gasteiger partial charge is 0.338 e. The van der Waals surface area contributed by atoms with Gasteiger partial charge in [0.1, 0.15) is 48.7 Å². The largest absolute Gasteiger partial charge is 0.458 e. The van der Waals surface area contributed by atoms with Crippen LogP contribution in [0.5, 0.6) is 0 Å². The molecule has 0 amide bonds. The molecule has 12 nitrogen and oxygen atoms in total. The molecule has 68 heavy (non-hydrogen) atoms. The molecule has 9 rings (SSSR count). The van der Waals surface area contributed by atoms with Gasteiger partial charge in [-0.3, -0.25) is 4.79 Å². The number of hydrogen-bond acceptors (Lipinski definition) is 12. The van der Waals surface area contributed by atoms with Crippen LogP contribution in [-0.2, 0) is 51.9 Å². The van der Waals surface area contributed by atoms with Crippen LogP contribution in [0.1, 0.15) is 135 Å². The molecule has 0 saturated carbocycles. The number of halogens is 1. The van der Waals surface area contributed by atoms with Gasteiger partial charge in [0, 0.05) is 51.6 Å². The summed E-state index contributed by atoms with van der Waals surface area (Å²) in [5.41, 5.74) is 1.56. The second kappa shape index (κ2) is 21.5. The van der Waals surface area contributed by atoms with Crippen molar-refractivity contribution in [1.82, 2.24) is 0 Å². The van der Waals surface area contributed by atoms with Gasteiger partial charge < -0.3 is 47.1 Å². The maximum Gasteiger partial charge on any atom is 0.338 e. The SMILES string of the molecule is C=C(Br)C[C@H](CC[C@@]12C[C@H]3O[C@H]4[C@@H](O1)[C@H]1O[C@@H](CC(=O)C[C@@H]5[C@@H](C)[C@@H](C[C@H](C)CO[Si](C)(C)C(C)(C)C)O[C@H]5CC5O[C@@H](CCC=O)C[C@@H](C)C5=C)CC[C@@H]1O[C@H]4C3O2)OC(=O)c1ccccc1. The highest BCUT2D eigenvalue weighted by molar-refractivity contribution is 9.11. The quantitative estimate of drug-likeness (QED) is 0.0502. The predicted octanol–water partition coefficient (Wildman–Crippen LogP) is 10.4. The average Bonchev–Trinajstić information content (AvgIpc) is 3.83. The Morgan fingerprint density at radius 1 is 0.926 bits per heavy atom. The molecule has 8 heterocycles. The molecule has 14 heteroatoms. The maximum atomic E-state index is 14.4. The van der Waals surface area contributed by atoms with Crippen LogP contribution in [0.2, 0.25) is 18.1 Å². The number of fused-ring (bicyclic) bond motifs is 1. The van der Waals surface area contributed by atoms with Crippen LogP contribution in [-0.4, -0.2) is 118 Å². The maximum absolute atomic E-state index is 14.4. The molecular weight excluding hydrogens is 949 g/mol. The van der Waals surface area contributed by atoms with E-state index in [9.17, 15) is 14.4 Å². The van der Waals surface area contributed by atoms with Crippen LogP contribution in [0.4, 0.5) is 0 Å². The number of carbonyl (C=O) groups is 3. The normalized spacial score (nSPS) is 38.4. The fraction of sp³-hybridized carbons (Fsp3) is 0.759. The Morgan fingerprint density at radius 3 is 2.37 bits per heavy atom. The van der Waals surface area contributed by atoms with E-state index in [1.165, 1.54) is 0 Å². The van der Waals surface area contributed by atoms with Crippen LogP contribution in [0.25, 0.3) is 0 Å². The predicted molar refractivity (Wildman–Crippen MR) is 264 cm³/mol. The van der Waals surface area contributed by atoms with Crippen LogP contribution < -0.4 is 0 Å². The third kappa shape index (κ3) is 11.7. The fourth-order valence-electron chi connectivity index (χ4n) is 11.9. The van der Waals surface area contributed by atoms with Gasteiger partial charge in [-0.05, 0) is 103 Å². The first-order valence-electron chi connectivity index (χ1n) is 25.7. The molecule has 8 fully saturated rings. The molecule has 18 atom stereocenters. The van der Waals surface area contributed by atoms with Gasteiger partial charge in [0.2, 0.25) is 0 Å². The molecule has 1 aromatic carbocycles. The lowest BCUT2D eigenvalue weighted by molar-refractivity contribution is -0.292. The summed E-state index contributed by atoms with van der Waals surface area (Å²) in [5, 5.41) is 0.126. The van der Waals surface area contributed by atoms with E-state index in [4.69, 9.17) is 42.3 Å². The van der Waals surface area contributed by atoms with Crippen molar-refractivity contribution in [2.24, 2.45) is 23.7 Å². The van der Waals surface area contributed by atoms with E-state index in [2.05, 4.69) is 83.7 Å². The summed E-state index contributed by atoms with van der Waals surface area (Å²) in [6, 6.07) is 9.00. The van der Waals surface area contributed by atoms with Crippen LogP contribution >= 0.6 is 15.9 Å². The summed E-state index contributed by atoms with van der Waals surface area (Å²) in [4.78, 5) is 38.9. The Hall–Kier alpha value is -2.11. The van der Waals surface area contributed by atoms with E-state index in [1.54, 1.807) is 12.1 Å². The lowest BCUT2D eigenvalue weighted by atomic mass is 9.78. The number of aldehydes is 1. The van der Waals surface area contributed by atoms with Crippen molar-refractivity contribution < 1.29 is 56.7 Å². The highest BCUT2D eigenvalue weighted by Crippen LogP contribution is 2.54. The van der Waals surface area contributed by atoms with Crippen molar-refractivity contribution in [2.45, 2.75) is 228 Å². The fourth-order valence-corrected chi connectivity index (χ4v) is 13.4. The molecule has 0 aromatic heterocycles. The number of carbonyl (C=O) groups excluding carboxylic acids is 3. The van der Waals surface area contributed by atoms with Gasteiger partial charge >= 0.3 is 5.97 Å². The second-order valence-corrected chi connectivity index (χ2v) is 29.0. The summed E-state index contributed by atoms with van der Waals surface area (Å²) in [6.07, 6.45) is 5.25. The molecule has 0 radical (unpaired) electrons. The first-order valence-corrected chi connectivity index (χ1v) is 29.4. The zero-order valence-corrected chi connectivity index (χ0v) is 44.5. The number of rotatable bonds is 21. The van der Waals surface area contributed by atoms with Gasteiger partial charge in [0.15, 0.2) is 14.1 Å². The number of ketones is 1. The van der Waals surface area contributed by atoms with Gasteiger partial charge in [-0.15, -0.1) is 0 Å². The molecule has 0 N–H and O–H groups in total. The molecule has 0 aliphatic carbocycles. The number of ether oxygens (including phenoxy) is 8. The average molecular weight is 1030 g/mol. The summed E-state index contributed by atoms with van der Waals surface area (Å²) < 4.78 is 61.3. The van der Waals surface area contributed by atoms with Crippen LogP contribution in [0, 0.1) is 23.7 Å². The highest BCUT2D eigenvalue weighted by Gasteiger charge is 2.68. The monoisotopic (exact) mass is 1030 g/mol. The Labute approximate surface area is 414 Å². The Morgan fingerprint density at radius 2 is 1.65 bits per heavy atom. The van der Waals surface area contributed by atoms with Crippen LogP contribution in [0.15, 0.2) is 53.5 Å². The van der Waals surface area contributed by atoms with Crippen molar-refractivity contribution in [3.8, 4) is 0 Å². The molecule has 6 bridgehead atoms. The lowest BCUT2D eigenvalue weighted by Crippen LogP contribution is -2.61. The first-order chi connectivity index (χ1) is 32.2. The zero-order chi connectivity index (χ0) is 48.7. The van der Waals surface area contributed by atoms with Crippen LogP contribution in [0.3, 0.4) is 0 Å². The molecule has 1 aromatic rings. The number of hydrogen-bond donors (Lipinski definition) is 0. The van der Waals surface area contributed by atoms with Gasteiger partial charge in [0.25, 0.3) is 0 Å². The summed E-state index contributed by atoms with van der Waals surface area (Å²) in [6.45, 7) is 27.3. The Kier molecular flexibility index (Phi) is 16.5. The minimum Gasteiger partial charge on any atom is -0.458 e. The molecule has 8 aliphatic rings.